The van der Waals surface area contributed by atoms with Crippen LogP contribution in [0.2, 0.25) is 0 Å². The van der Waals surface area contributed by atoms with Gasteiger partial charge in [0.25, 0.3) is 0 Å². The van der Waals surface area contributed by atoms with Crippen LogP contribution in [0.25, 0.3) is 22.6 Å². The molecule has 1 saturated carbocycles. The number of ether oxygens (including phenoxy) is 1. The quantitative estimate of drug-likeness (QED) is 0.397. The lowest BCUT2D eigenvalue weighted by atomic mass is 9.89. The number of aliphatic hydroxyl groups excluding tert-OH is 2. The number of aromatic nitrogens is 3. The van der Waals surface area contributed by atoms with Gasteiger partial charge in [-0.25, -0.2) is 9.97 Å². The van der Waals surface area contributed by atoms with Crippen molar-refractivity contribution in [3.8, 4) is 28.4 Å². The van der Waals surface area contributed by atoms with E-state index < -0.39 is 6.10 Å². The van der Waals surface area contributed by atoms with Gasteiger partial charge in [0.1, 0.15) is 30.0 Å². The molecule has 0 spiro atoms. The number of aliphatic hydroxyl groups is 2. The first kappa shape index (κ1) is 22.2. The molecule has 1 atom stereocenters. The van der Waals surface area contributed by atoms with Gasteiger partial charge in [-0.15, -0.1) is 0 Å². The molecule has 9 heteroatoms. The summed E-state index contributed by atoms with van der Waals surface area (Å²) in [6.45, 7) is 4.37. The summed E-state index contributed by atoms with van der Waals surface area (Å²) in [5, 5.41) is 29.9. The molecule has 0 amide bonds. The zero-order chi connectivity index (χ0) is 22.7. The summed E-state index contributed by atoms with van der Waals surface area (Å²) < 4.78 is 11.1. The molecule has 0 saturated heterocycles. The second-order valence-electron chi connectivity index (χ2n) is 8.18. The Balaban J connectivity index is 1.65. The third-order valence-electron chi connectivity index (χ3n) is 5.46. The van der Waals surface area contributed by atoms with Gasteiger partial charge in [0.15, 0.2) is 5.82 Å². The van der Waals surface area contributed by atoms with Crippen molar-refractivity contribution in [2.45, 2.75) is 44.9 Å². The van der Waals surface area contributed by atoms with E-state index >= 15 is 0 Å². The van der Waals surface area contributed by atoms with Crippen LogP contribution in [0.1, 0.15) is 24.3 Å². The molecule has 1 aliphatic carbocycles. The van der Waals surface area contributed by atoms with Crippen molar-refractivity contribution in [3.63, 3.8) is 0 Å². The van der Waals surface area contributed by atoms with E-state index in [4.69, 9.17) is 19.2 Å². The maximum absolute atomic E-state index is 9.91. The molecule has 1 aromatic carbocycles. The molecule has 4 rings (SSSR count). The van der Waals surface area contributed by atoms with Crippen LogP contribution in [0, 0.1) is 13.8 Å². The zero-order valence-corrected chi connectivity index (χ0v) is 18.5. The number of anilines is 1. The average Bonchev–Trinajstić information content (AvgIpc) is 3.09. The summed E-state index contributed by atoms with van der Waals surface area (Å²) >= 11 is 0. The van der Waals surface area contributed by atoms with Gasteiger partial charge in [-0.2, -0.15) is 0 Å². The molecule has 4 N–H and O–H groups in total. The largest absolute Gasteiger partial charge is 0.491 e. The van der Waals surface area contributed by atoms with Crippen molar-refractivity contribution < 1.29 is 19.5 Å². The van der Waals surface area contributed by atoms with Gasteiger partial charge >= 0.3 is 0 Å². The summed E-state index contributed by atoms with van der Waals surface area (Å²) in [7, 11) is 1.78. The Hall–Kier alpha value is -3.01. The Labute approximate surface area is 186 Å². The highest BCUT2D eigenvalue weighted by atomic mass is 16.5. The van der Waals surface area contributed by atoms with Crippen LogP contribution in [-0.2, 0) is 0 Å². The second-order valence-corrected chi connectivity index (χ2v) is 8.18. The summed E-state index contributed by atoms with van der Waals surface area (Å²) in [6.07, 6.45) is 0.524. The first-order chi connectivity index (χ1) is 15.4. The number of likely N-dealkylation sites (N-methyl/N-ethyl adjacent to an activating group) is 1. The molecule has 3 aromatic rings. The van der Waals surface area contributed by atoms with Gasteiger partial charge in [-0.3, -0.25) is 0 Å². The van der Waals surface area contributed by atoms with E-state index in [1.807, 2.05) is 44.2 Å². The fraction of sp³-hybridized carbons (Fsp3) is 0.435. The maximum atomic E-state index is 9.91. The smallest absolute Gasteiger partial charge is 0.162 e. The fourth-order valence-corrected chi connectivity index (χ4v) is 3.75. The number of nitrogens with zero attached hydrogens (tertiary/aromatic N) is 3. The highest BCUT2D eigenvalue weighted by Crippen LogP contribution is 2.31. The van der Waals surface area contributed by atoms with Crippen molar-refractivity contribution in [2.24, 2.45) is 0 Å². The summed E-state index contributed by atoms with van der Waals surface area (Å²) in [4.78, 5) is 9.50. The first-order valence-electron chi connectivity index (χ1n) is 10.8. The van der Waals surface area contributed by atoms with E-state index in [1.54, 1.807) is 7.05 Å². The molecule has 1 aliphatic rings. The summed E-state index contributed by atoms with van der Waals surface area (Å²) in [5.74, 6) is 2.53. The molecule has 1 fully saturated rings. The van der Waals surface area contributed by atoms with E-state index in [9.17, 15) is 10.2 Å². The Kier molecular flexibility index (Phi) is 6.69. The highest BCUT2D eigenvalue weighted by molar-refractivity contribution is 5.70. The van der Waals surface area contributed by atoms with Crippen molar-refractivity contribution >= 4 is 5.82 Å². The molecule has 1 unspecified atom stereocenters. The minimum atomic E-state index is -0.601. The zero-order valence-electron chi connectivity index (χ0n) is 18.5. The lowest BCUT2D eigenvalue weighted by molar-refractivity contribution is 0.0835. The predicted molar refractivity (Wildman–Crippen MR) is 121 cm³/mol. The Morgan fingerprint density at radius 2 is 2.03 bits per heavy atom. The predicted octanol–water partition coefficient (Wildman–Crippen LogP) is 2.31. The SMILES string of the molecule is CNCC(O)COc1cccc(-c2nc(NC3CC(O)C3)cc(-c3c(C)noc3C)n2)c1. The molecular weight excluding hydrogens is 410 g/mol. The van der Waals surface area contributed by atoms with E-state index in [1.165, 1.54) is 0 Å². The van der Waals surface area contributed by atoms with Crippen molar-refractivity contribution in [1.29, 1.82) is 0 Å². The molecule has 32 heavy (non-hydrogen) atoms. The number of nitrogens with one attached hydrogen (secondary N) is 2. The molecular formula is C23H29N5O4. The third-order valence-corrected chi connectivity index (χ3v) is 5.46. The Morgan fingerprint density at radius 3 is 2.72 bits per heavy atom. The van der Waals surface area contributed by atoms with Gasteiger partial charge < -0.3 is 30.1 Å². The van der Waals surface area contributed by atoms with E-state index in [2.05, 4.69) is 15.8 Å². The van der Waals surface area contributed by atoms with Crippen LogP contribution in [0.4, 0.5) is 5.82 Å². The summed E-state index contributed by atoms with van der Waals surface area (Å²) in [5.41, 5.74) is 3.10. The Morgan fingerprint density at radius 1 is 1.22 bits per heavy atom. The van der Waals surface area contributed by atoms with Gasteiger partial charge in [-0.1, -0.05) is 17.3 Å². The third kappa shape index (κ3) is 5.07. The molecule has 0 aliphatic heterocycles. The number of benzene rings is 1. The van der Waals surface area contributed by atoms with Crippen molar-refractivity contribution in [2.75, 3.05) is 25.5 Å². The molecule has 9 nitrogen and oxygen atoms in total. The normalized spacial score (nSPS) is 18.8. The van der Waals surface area contributed by atoms with Gasteiger partial charge in [-0.05, 0) is 45.9 Å². The van der Waals surface area contributed by atoms with Crippen LogP contribution >= 0.6 is 0 Å². The van der Waals surface area contributed by atoms with Gasteiger partial charge in [0.05, 0.1) is 23.1 Å². The molecule has 2 aromatic heterocycles. The maximum Gasteiger partial charge on any atom is 0.162 e. The van der Waals surface area contributed by atoms with Crippen LogP contribution in [0.5, 0.6) is 5.75 Å². The first-order valence-corrected chi connectivity index (χ1v) is 10.8. The molecule has 0 bridgehead atoms. The van der Waals surface area contributed by atoms with Crippen LogP contribution in [0.3, 0.4) is 0 Å². The topological polar surface area (TPSA) is 126 Å². The molecule has 0 radical (unpaired) electrons. The number of hydrogen-bond donors (Lipinski definition) is 4. The number of hydrogen-bond acceptors (Lipinski definition) is 9. The minimum Gasteiger partial charge on any atom is -0.491 e. The number of aryl methyl sites for hydroxylation is 2. The van der Waals surface area contributed by atoms with Gasteiger partial charge in [0, 0.05) is 24.2 Å². The van der Waals surface area contributed by atoms with Crippen LogP contribution in [0.15, 0.2) is 34.9 Å². The van der Waals surface area contributed by atoms with E-state index in [0.717, 1.165) is 16.8 Å². The lowest BCUT2D eigenvalue weighted by Gasteiger charge is -2.32. The minimum absolute atomic E-state index is 0.175. The van der Waals surface area contributed by atoms with Gasteiger partial charge in [0.2, 0.25) is 0 Å². The molecule has 170 valence electrons. The fourth-order valence-electron chi connectivity index (χ4n) is 3.75. The van der Waals surface area contributed by atoms with Crippen molar-refractivity contribution in [1.82, 2.24) is 20.4 Å². The van der Waals surface area contributed by atoms with E-state index in [-0.39, 0.29) is 18.8 Å². The van der Waals surface area contributed by atoms with E-state index in [0.29, 0.717) is 48.2 Å². The van der Waals surface area contributed by atoms with Crippen LogP contribution < -0.4 is 15.4 Å². The van der Waals surface area contributed by atoms with Crippen molar-refractivity contribution in [3.05, 3.63) is 41.8 Å². The monoisotopic (exact) mass is 439 g/mol. The standard InChI is InChI=1S/C23H29N5O4/c1-13-22(14(2)32-28-13)20-10-21(25-16-8-17(29)9-16)27-23(26-20)15-5-4-6-19(7-15)31-12-18(30)11-24-3/h4-7,10,16-18,24,29-30H,8-9,11-12H2,1-3H3,(H,25,26,27). The highest BCUT2D eigenvalue weighted by Gasteiger charge is 2.28. The van der Waals surface area contributed by atoms with Crippen LogP contribution in [-0.4, -0.2) is 63.8 Å². The Bertz CT molecular complexity index is 1040. The summed E-state index contributed by atoms with van der Waals surface area (Å²) in [6, 6.07) is 9.54. The average molecular weight is 440 g/mol. The number of rotatable bonds is 9. The molecule has 2 heterocycles. The lowest BCUT2D eigenvalue weighted by Crippen LogP contribution is -2.39. The second kappa shape index (κ2) is 9.64.